The Morgan fingerprint density at radius 1 is 1.27 bits per heavy atom. The number of benzene rings is 1. The Morgan fingerprint density at radius 2 is 2.00 bits per heavy atom. The second-order valence-corrected chi connectivity index (χ2v) is 6.86. The number of halogens is 1. The van der Waals surface area contributed by atoms with Crippen LogP contribution in [0.2, 0.25) is 0 Å². The van der Waals surface area contributed by atoms with Crippen LogP contribution < -0.4 is 10.3 Å². The van der Waals surface area contributed by atoms with Gasteiger partial charge in [0, 0.05) is 31.3 Å². The van der Waals surface area contributed by atoms with Crippen LogP contribution in [0.15, 0.2) is 35.1 Å². The molecule has 1 saturated heterocycles. The van der Waals surface area contributed by atoms with Gasteiger partial charge in [0.1, 0.15) is 5.75 Å². The molecule has 1 aromatic carbocycles. The van der Waals surface area contributed by atoms with Gasteiger partial charge in [0.15, 0.2) is 0 Å². The monoisotopic (exact) mass is 377 g/mol. The number of aryl methyl sites for hydroxylation is 2. The maximum Gasteiger partial charge on any atom is 0.267 e. The normalized spacial score (nSPS) is 17.1. The van der Waals surface area contributed by atoms with E-state index in [-0.39, 0.29) is 18.0 Å². The fourth-order valence-electron chi connectivity index (χ4n) is 3.46. The average molecular weight is 378 g/mol. The molecule has 0 radical (unpaired) electrons. The quantitative estimate of drug-likeness (QED) is 0.723. The molecule has 5 nitrogen and oxygen atoms in total. The third-order valence-corrected chi connectivity index (χ3v) is 4.99. The summed E-state index contributed by atoms with van der Waals surface area (Å²) < 4.78 is 7.22. The highest BCUT2D eigenvalue weighted by atomic mass is 35.5. The van der Waals surface area contributed by atoms with Crippen LogP contribution >= 0.6 is 12.4 Å². The number of hydrogen-bond donors (Lipinski definition) is 0. The van der Waals surface area contributed by atoms with Gasteiger partial charge in [-0.15, -0.1) is 12.4 Å². The first-order chi connectivity index (χ1) is 12.0. The van der Waals surface area contributed by atoms with Gasteiger partial charge >= 0.3 is 0 Å². The SMILES string of the molecule is Cc1nn(C)c(=O)cc1-c1ccc(OCCCN2CCC[C@H]2C)cc1.Cl. The zero-order valence-electron chi connectivity index (χ0n) is 15.8. The molecule has 6 heteroatoms. The lowest BCUT2D eigenvalue weighted by molar-refractivity contribution is 0.230. The van der Waals surface area contributed by atoms with Crippen molar-refractivity contribution in [1.82, 2.24) is 14.7 Å². The van der Waals surface area contributed by atoms with Crippen molar-refractivity contribution >= 4 is 12.4 Å². The van der Waals surface area contributed by atoms with E-state index >= 15 is 0 Å². The molecule has 2 heterocycles. The molecule has 0 saturated carbocycles. The number of hydrogen-bond acceptors (Lipinski definition) is 4. The van der Waals surface area contributed by atoms with Gasteiger partial charge in [0.2, 0.25) is 0 Å². The van der Waals surface area contributed by atoms with E-state index in [9.17, 15) is 4.79 Å². The smallest absolute Gasteiger partial charge is 0.267 e. The first-order valence-electron chi connectivity index (χ1n) is 9.07. The number of likely N-dealkylation sites (tertiary alicyclic amines) is 1. The van der Waals surface area contributed by atoms with E-state index < -0.39 is 0 Å². The van der Waals surface area contributed by atoms with Gasteiger partial charge in [-0.1, -0.05) is 12.1 Å². The van der Waals surface area contributed by atoms with Gasteiger partial charge in [-0.2, -0.15) is 5.10 Å². The van der Waals surface area contributed by atoms with Crippen molar-refractivity contribution < 1.29 is 4.74 Å². The van der Waals surface area contributed by atoms with Crippen LogP contribution in [0.4, 0.5) is 0 Å². The Hall–Kier alpha value is -1.85. The topological polar surface area (TPSA) is 47.4 Å². The van der Waals surface area contributed by atoms with Crippen molar-refractivity contribution in [2.45, 2.75) is 39.2 Å². The molecule has 1 atom stereocenters. The zero-order valence-corrected chi connectivity index (χ0v) is 16.6. The molecule has 26 heavy (non-hydrogen) atoms. The van der Waals surface area contributed by atoms with Crippen molar-refractivity contribution in [2.75, 3.05) is 19.7 Å². The molecule has 1 aliphatic rings. The van der Waals surface area contributed by atoms with E-state index in [0.717, 1.165) is 48.2 Å². The van der Waals surface area contributed by atoms with Gasteiger partial charge in [-0.3, -0.25) is 4.79 Å². The summed E-state index contributed by atoms with van der Waals surface area (Å²) in [6.07, 6.45) is 3.68. The third kappa shape index (κ3) is 4.86. The largest absolute Gasteiger partial charge is 0.494 e. The van der Waals surface area contributed by atoms with E-state index in [1.54, 1.807) is 13.1 Å². The molecule has 1 aliphatic heterocycles. The predicted octanol–water partition coefficient (Wildman–Crippen LogP) is 3.43. The Balaban J connectivity index is 0.00000243. The molecule has 142 valence electrons. The fourth-order valence-corrected chi connectivity index (χ4v) is 3.46. The number of ether oxygens (including phenoxy) is 1. The Labute approximate surface area is 161 Å². The Kier molecular flexibility index (Phi) is 7.23. The Bertz CT molecular complexity index is 774. The van der Waals surface area contributed by atoms with E-state index in [1.165, 1.54) is 24.1 Å². The summed E-state index contributed by atoms with van der Waals surface area (Å²) in [5, 5.41) is 4.24. The third-order valence-electron chi connectivity index (χ3n) is 4.99. The summed E-state index contributed by atoms with van der Waals surface area (Å²) >= 11 is 0. The molecule has 0 unspecified atom stereocenters. The minimum absolute atomic E-state index is 0. The molecule has 0 amide bonds. The van der Waals surface area contributed by atoms with Crippen molar-refractivity contribution in [3.63, 3.8) is 0 Å². The van der Waals surface area contributed by atoms with Gasteiger partial charge in [0.25, 0.3) is 5.56 Å². The first-order valence-corrected chi connectivity index (χ1v) is 9.07. The Morgan fingerprint density at radius 3 is 2.65 bits per heavy atom. The maximum atomic E-state index is 11.8. The molecule has 1 fully saturated rings. The second-order valence-electron chi connectivity index (χ2n) is 6.86. The lowest BCUT2D eigenvalue weighted by Crippen LogP contribution is -2.28. The predicted molar refractivity (Wildman–Crippen MR) is 107 cm³/mol. The lowest BCUT2D eigenvalue weighted by Gasteiger charge is -2.20. The fraction of sp³-hybridized carbons (Fsp3) is 0.500. The summed E-state index contributed by atoms with van der Waals surface area (Å²) in [6, 6.07) is 10.3. The van der Waals surface area contributed by atoms with E-state index in [1.807, 2.05) is 31.2 Å². The molecular weight excluding hydrogens is 350 g/mol. The molecule has 0 spiro atoms. The molecule has 0 bridgehead atoms. The average Bonchev–Trinajstić information content (AvgIpc) is 3.01. The maximum absolute atomic E-state index is 11.8. The van der Waals surface area contributed by atoms with Crippen molar-refractivity contribution in [1.29, 1.82) is 0 Å². The number of rotatable bonds is 6. The van der Waals surface area contributed by atoms with Crippen molar-refractivity contribution in [3.05, 3.63) is 46.4 Å². The minimum Gasteiger partial charge on any atom is -0.494 e. The lowest BCUT2D eigenvalue weighted by atomic mass is 10.1. The summed E-state index contributed by atoms with van der Waals surface area (Å²) in [5.41, 5.74) is 2.60. The van der Waals surface area contributed by atoms with Crippen molar-refractivity contribution in [3.8, 4) is 16.9 Å². The summed E-state index contributed by atoms with van der Waals surface area (Å²) in [5.74, 6) is 0.868. The van der Waals surface area contributed by atoms with Crippen molar-refractivity contribution in [2.24, 2.45) is 7.05 Å². The van der Waals surface area contributed by atoms with E-state index in [4.69, 9.17) is 4.74 Å². The molecule has 0 aliphatic carbocycles. The van der Waals surface area contributed by atoms with Crippen LogP contribution in [0.3, 0.4) is 0 Å². The van der Waals surface area contributed by atoms with Gasteiger partial charge in [-0.05, 0) is 57.4 Å². The standard InChI is InChI=1S/C20H27N3O2.ClH/c1-15-6-4-11-23(15)12-5-13-25-18-9-7-17(8-10-18)19-14-20(24)22(3)21-16(19)2;/h7-10,14-15H,4-6,11-13H2,1-3H3;1H/t15-;/m1./s1. The van der Waals surface area contributed by atoms with Crippen LogP contribution in [0.1, 0.15) is 31.9 Å². The van der Waals surface area contributed by atoms with Crippen LogP contribution in [0, 0.1) is 6.92 Å². The summed E-state index contributed by atoms with van der Waals surface area (Å²) in [7, 11) is 1.67. The highest BCUT2D eigenvalue weighted by Crippen LogP contribution is 2.23. The molecule has 3 rings (SSSR count). The zero-order chi connectivity index (χ0) is 17.8. The number of nitrogens with zero attached hydrogens (tertiary/aromatic N) is 3. The van der Waals surface area contributed by atoms with E-state index in [2.05, 4.69) is 16.9 Å². The van der Waals surface area contributed by atoms with Crippen LogP contribution in [-0.4, -0.2) is 40.4 Å². The van der Waals surface area contributed by atoms with Crippen LogP contribution in [0.25, 0.3) is 11.1 Å². The summed E-state index contributed by atoms with van der Waals surface area (Å²) in [4.78, 5) is 14.4. The number of aromatic nitrogens is 2. The highest BCUT2D eigenvalue weighted by molar-refractivity contribution is 5.85. The molecule has 2 aromatic rings. The second kappa shape index (κ2) is 9.19. The van der Waals surface area contributed by atoms with Crippen LogP contribution in [-0.2, 0) is 7.05 Å². The van der Waals surface area contributed by atoms with Crippen LogP contribution in [0.5, 0.6) is 5.75 Å². The molecule has 1 aromatic heterocycles. The molecular formula is C20H28ClN3O2. The van der Waals surface area contributed by atoms with Gasteiger partial charge in [-0.25, -0.2) is 4.68 Å². The molecule has 0 N–H and O–H groups in total. The minimum atomic E-state index is -0.0999. The van der Waals surface area contributed by atoms with Gasteiger partial charge < -0.3 is 9.64 Å². The summed E-state index contributed by atoms with van der Waals surface area (Å²) in [6.45, 7) is 7.28. The first kappa shape index (κ1) is 20.5. The van der Waals surface area contributed by atoms with E-state index in [0.29, 0.717) is 0 Å². The van der Waals surface area contributed by atoms with Gasteiger partial charge in [0.05, 0.1) is 12.3 Å². The highest BCUT2D eigenvalue weighted by Gasteiger charge is 2.19.